The highest BCUT2D eigenvalue weighted by atomic mass is 32.1. The molecular formula is C18H20N4O2S. The van der Waals surface area contributed by atoms with E-state index in [1.165, 1.54) is 0 Å². The van der Waals surface area contributed by atoms with Gasteiger partial charge in [-0.2, -0.15) is 5.10 Å². The summed E-state index contributed by atoms with van der Waals surface area (Å²) in [5, 5.41) is 6.14. The Morgan fingerprint density at radius 3 is 3.00 bits per heavy atom. The van der Waals surface area contributed by atoms with Crippen molar-refractivity contribution in [1.82, 2.24) is 14.7 Å². The van der Waals surface area contributed by atoms with E-state index in [1.807, 2.05) is 46.6 Å². The monoisotopic (exact) mass is 356 g/mol. The van der Waals surface area contributed by atoms with E-state index in [0.29, 0.717) is 26.1 Å². The first-order chi connectivity index (χ1) is 12.0. The van der Waals surface area contributed by atoms with Crippen molar-refractivity contribution in [3.63, 3.8) is 0 Å². The molecule has 0 N–H and O–H groups in total. The van der Waals surface area contributed by atoms with Crippen LogP contribution in [0.15, 0.2) is 36.0 Å². The van der Waals surface area contributed by atoms with Crippen molar-refractivity contribution in [3.05, 3.63) is 40.9 Å². The van der Waals surface area contributed by atoms with E-state index in [-0.39, 0.29) is 17.2 Å². The molecule has 2 aromatic heterocycles. The molecule has 1 unspecified atom stereocenters. The Morgan fingerprint density at radius 1 is 1.40 bits per heavy atom. The smallest absolute Gasteiger partial charge is 0.246 e. The zero-order chi connectivity index (χ0) is 17.4. The SMILES string of the molecule is Cn1cc(N2CC3(CCN(C(=O)/C=C/c4cccs4)C3)CC2=O)cn1. The van der Waals surface area contributed by atoms with E-state index in [9.17, 15) is 9.59 Å². The third-order valence-electron chi connectivity index (χ3n) is 5.01. The van der Waals surface area contributed by atoms with Gasteiger partial charge in [-0.15, -0.1) is 11.3 Å². The zero-order valence-electron chi connectivity index (χ0n) is 14.1. The Balaban J connectivity index is 1.43. The second kappa shape index (κ2) is 6.15. The van der Waals surface area contributed by atoms with Gasteiger partial charge in [0.1, 0.15) is 0 Å². The van der Waals surface area contributed by atoms with Gasteiger partial charge in [-0.25, -0.2) is 0 Å². The summed E-state index contributed by atoms with van der Waals surface area (Å²) in [4.78, 5) is 29.7. The number of thiophene rings is 1. The fourth-order valence-electron chi connectivity index (χ4n) is 3.72. The summed E-state index contributed by atoms with van der Waals surface area (Å²) in [6, 6.07) is 3.96. The third-order valence-corrected chi connectivity index (χ3v) is 5.84. The normalized spacial score (nSPS) is 23.5. The van der Waals surface area contributed by atoms with Crippen LogP contribution in [0.2, 0.25) is 0 Å². The van der Waals surface area contributed by atoms with Crippen molar-refractivity contribution < 1.29 is 9.59 Å². The van der Waals surface area contributed by atoms with Gasteiger partial charge in [0, 0.05) is 55.7 Å². The van der Waals surface area contributed by atoms with Gasteiger partial charge in [0.05, 0.1) is 11.9 Å². The van der Waals surface area contributed by atoms with Gasteiger partial charge >= 0.3 is 0 Å². The Hall–Kier alpha value is -2.41. The van der Waals surface area contributed by atoms with Crippen molar-refractivity contribution >= 4 is 34.9 Å². The first-order valence-corrected chi connectivity index (χ1v) is 9.22. The molecule has 2 aliphatic rings. The molecule has 0 radical (unpaired) electrons. The quantitative estimate of drug-likeness (QED) is 0.792. The molecule has 1 spiro atoms. The molecule has 2 aromatic rings. The van der Waals surface area contributed by atoms with Gasteiger partial charge in [0.25, 0.3) is 0 Å². The van der Waals surface area contributed by atoms with Crippen molar-refractivity contribution in [2.75, 3.05) is 24.5 Å². The van der Waals surface area contributed by atoms with E-state index in [4.69, 9.17) is 0 Å². The number of carbonyl (C=O) groups is 2. The molecule has 0 aliphatic carbocycles. The molecule has 130 valence electrons. The molecule has 4 heterocycles. The van der Waals surface area contributed by atoms with Gasteiger partial charge in [-0.1, -0.05) is 6.07 Å². The summed E-state index contributed by atoms with van der Waals surface area (Å²) in [5.74, 6) is 0.147. The standard InChI is InChI=1S/C18H20N4O2S/c1-20-11-14(10-19-20)22-13-18(9-17(22)24)6-7-21(12-18)16(23)5-4-15-3-2-8-25-15/h2-5,8,10-11H,6-7,9,12-13H2,1H3/b5-4+. The summed E-state index contributed by atoms with van der Waals surface area (Å²) in [6.45, 7) is 2.01. The van der Waals surface area contributed by atoms with Gasteiger partial charge in [-0.3, -0.25) is 14.3 Å². The first-order valence-electron chi connectivity index (χ1n) is 8.34. The maximum absolute atomic E-state index is 12.5. The van der Waals surface area contributed by atoms with Crippen LogP contribution in [0.3, 0.4) is 0 Å². The summed E-state index contributed by atoms with van der Waals surface area (Å²) in [6.07, 6.45) is 8.45. The largest absolute Gasteiger partial charge is 0.338 e. The second-order valence-corrected chi connectivity index (χ2v) is 7.87. The molecule has 25 heavy (non-hydrogen) atoms. The average molecular weight is 356 g/mol. The maximum atomic E-state index is 12.5. The molecule has 1 atom stereocenters. The molecule has 4 rings (SSSR count). The number of amides is 2. The zero-order valence-corrected chi connectivity index (χ0v) is 14.9. The molecule has 2 amide bonds. The van der Waals surface area contributed by atoms with Crippen LogP contribution in [0.4, 0.5) is 5.69 Å². The van der Waals surface area contributed by atoms with Crippen LogP contribution < -0.4 is 4.90 Å². The van der Waals surface area contributed by atoms with Gasteiger partial charge in [0.2, 0.25) is 11.8 Å². The Kier molecular flexibility index (Phi) is 3.95. The molecule has 0 saturated carbocycles. The molecule has 6 nitrogen and oxygen atoms in total. The van der Waals surface area contributed by atoms with Crippen LogP contribution in [0, 0.1) is 5.41 Å². The van der Waals surface area contributed by atoms with Crippen molar-refractivity contribution in [2.24, 2.45) is 12.5 Å². The van der Waals surface area contributed by atoms with Crippen LogP contribution in [0.25, 0.3) is 6.08 Å². The summed E-state index contributed by atoms with van der Waals surface area (Å²) >= 11 is 1.61. The van der Waals surface area contributed by atoms with Crippen molar-refractivity contribution in [3.8, 4) is 0 Å². The highest BCUT2D eigenvalue weighted by Crippen LogP contribution is 2.41. The fourth-order valence-corrected chi connectivity index (χ4v) is 4.34. The lowest BCUT2D eigenvalue weighted by Gasteiger charge is -2.23. The van der Waals surface area contributed by atoms with Crippen molar-refractivity contribution in [1.29, 1.82) is 0 Å². The number of hydrogen-bond acceptors (Lipinski definition) is 4. The van der Waals surface area contributed by atoms with Crippen molar-refractivity contribution in [2.45, 2.75) is 12.8 Å². The molecule has 2 aliphatic heterocycles. The molecule has 0 aromatic carbocycles. The predicted molar refractivity (Wildman–Crippen MR) is 97.2 cm³/mol. The van der Waals surface area contributed by atoms with E-state index in [0.717, 1.165) is 17.0 Å². The van der Waals surface area contributed by atoms with Crippen LogP contribution in [-0.4, -0.2) is 46.1 Å². The van der Waals surface area contributed by atoms with Crippen LogP contribution >= 0.6 is 11.3 Å². The maximum Gasteiger partial charge on any atom is 0.246 e. The van der Waals surface area contributed by atoms with Gasteiger partial charge in [0.15, 0.2) is 0 Å². The fraction of sp³-hybridized carbons (Fsp3) is 0.389. The number of hydrogen-bond donors (Lipinski definition) is 0. The van der Waals surface area contributed by atoms with E-state index >= 15 is 0 Å². The van der Waals surface area contributed by atoms with E-state index in [2.05, 4.69) is 5.10 Å². The number of nitrogens with zero attached hydrogens (tertiary/aromatic N) is 4. The number of aromatic nitrogens is 2. The van der Waals surface area contributed by atoms with Crippen LogP contribution in [0.1, 0.15) is 17.7 Å². The summed E-state index contributed by atoms with van der Waals surface area (Å²) < 4.78 is 1.70. The minimum atomic E-state index is -0.126. The Labute approximate surface area is 150 Å². The summed E-state index contributed by atoms with van der Waals surface area (Å²) in [7, 11) is 1.84. The van der Waals surface area contributed by atoms with E-state index in [1.54, 1.807) is 28.3 Å². The molecule has 7 heteroatoms. The highest BCUT2D eigenvalue weighted by molar-refractivity contribution is 7.10. The lowest BCUT2D eigenvalue weighted by Crippen LogP contribution is -2.33. The summed E-state index contributed by atoms with van der Waals surface area (Å²) in [5.41, 5.74) is 0.714. The van der Waals surface area contributed by atoms with E-state index < -0.39 is 0 Å². The molecule has 2 fully saturated rings. The average Bonchev–Trinajstić information content (AvgIpc) is 3.35. The van der Waals surface area contributed by atoms with Gasteiger partial charge in [-0.05, 0) is 23.9 Å². The van der Waals surface area contributed by atoms with Crippen LogP contribution in [0.5, 0.6) is 0 Å². The molecule has 2 saturated heterocycles. The molecule has 0 bridgehead atoms. The third kappa shape index (κ3) is 3.11. The first kappa shape index (κ1) is 16.1. The number of aryl methyl sites for hydroxylation is 1. The number of carbonyl (C=O) groups excluding carboxylic acids is 2. The Morgan fingerprint density at radius 2 is 2.28 bits per heavy atom. The number of likely N-dealkylation sites (tertiary alicyclic amines) is 1. The minimum Gasteiger partial charge on any atom is -0.338 e. The topological polar surface area (TPSA) is 58.4 Å². The molecular weight excluding hydrogens is 336 g/mol. The van der Waals surface area contributed by atoms with Crippen LogP contribution in [-0.2, 0) is 16.6 Å². The second-order valence-electron chi connectivity index (χ2n) is 6.89. The number of anilines is 1. The number of rotatable bonds is 3. The highest BCUT2D eigenvalue weighted by Gasteiger charge is 2.48. The lowest BCUT2D eigenvalue weighted by molar-refractivity contribution is -0.125. The lowest BCUT2D eigenvalue weighted by atomic mass is 9.86. The Bertz CT molecular complexity index is 826. The predicted octanol–water partition coefficient (Wildman–Crippen LogP) is 2.15. The van der Waals surface area contributed by atoms with Gasteiger partial charge < -0.3 is 9.80 Å². The minimum absolute atomic E-state index is 0.0255.